The minimum atomic E-state index is -0.159. The summed E-state index contributed by atoms with van der Waals surface area (Å²) in [7, 11) is 4.17. The van der Waals surface area contributed by atoms with E-state index < -0.39 is 0 Å². The van der Waals surface area contributed by atoms with Gasteiger partial charge in [0.25, 0.3) is 0 Å². The molecule has 1 unspecified atom stereocenters. The second-order valence-corrected chi connectivity index (χ2v) is 13.2. The topological polar surface area (TPSA) is 30.0 Å². The van der Waals surface area contributed by atoms with Crippen molar-refractivity contribution in [3.05, 3.63) is 94.5 Å². The van der Waals surface area contributed by atoms with Gasteiger partial charge in [0.1, 0.15) is 5.75 Å². The summed E-state index contributed by atoms with van der Waals surface area (Å²) in [5.41, 5.74) is 6.89. The molecule has 0 saturated carbocycles. The van der Waals surface area contributed by atoms with Crippen LogP contribution in [0.3, 0.4) is 0 Å². The predicted octanol–water partition coefficient (Wildman–Crippen LogP) is 6.96. The Morgan fingerprint density at radius 1 is 0.737 bits per heavy atom. The quantitative estimate of drug-likeness (QED) is 0.386. The molecule has 4 heteroatoms. The molecule has 38 heavy (non-hydrogen) atoms. The van der Waals surface area contributed by atoms with Crippen LogP contribution in [-0.2, 0) is 17.4 Å². The Morgan fingerprint density at radius 3 is 1.74 bits per heavy atom. The summed E-state index contributed by atoms with van der Waals surface area (Å²) in [5.74, 6) is 0.447. The molecule has 3 aromatic rings. The molecular weight excluding hydrogens is 466 g/mol. The van der Waals surface area contributed by atoms with E-state index in [9.17, 15) is 5.11 Å². The highest BCUT2D eigenvalue weighted by Gasteiger charge is 2.32. The molecule has 3 aromatic carbocycles. The number of rotatable bonds is 6. The Bertz CT molecular complexity index is 1160. The lowest BCUT2D eigenvalue weighted by atomic mass is 9.77. The molecule has 4 rings (SSSR count). The Morgan fingerprint density at radius 2 is 1.26 bits per heavy atom. The van der Waals surface area contributed by atoms with Crippen molar-refractivity contribution in [2.45, 2.75) is 65.0 Å². The summed E-state index contributed by atoms with van der Waals surface area (Å²) >= 11 is 0. The van der Waals surface area contributed by atoms with Crippen LogP contribution < -0.4 is 4.90 Å². The fourth-order valence-corrected chi connectivity index (χ4v) is 5.55. The maximum Gasteiger partial charge on any atom is 0.123 e. The van der Waals surface area contributed by atoms with Gasteiger partial charge in [-0.3, -0.25) is 9.80 Å². The van der Waals surface area contributed by atoms with Crippen LogP contribution in [0.15, 0.2) is 66.7 Å². The van der Waals surface area contributed by atoms with Crippen LogP contribution in [0.1, 0.15) is 75.4 Å². The summed E-state index contributed by atoms with van der Waals surface area (Å²) in [6.45, 7) is 18.3. The van der Waals surface area contributed by atoms with Crippen molar-refractivity contribution in [2.75, 3.05) is 45.2 Å². The van der Waals surface area contributed by atoms with E-state index in [4.69, 9.17) is 0 Å². The minimum absolute atomic E-state index is 0.132. The highest BCUT2D eigenvalue weighted by Crippen LogP contribution is 2.43. The standard InChI is InChI=1S/C34H47N3O/c1-33(2,3)29-22-27(23-30(32(29)38)34(4,5)6)31(26-14-16-28(17-15-26)35(7)8)37-20-18-36(19-21-37)24-25-12-10-9-11-13-25/h9-17,22-23,31,38H,18-21,24H2,1-8H3. The molecule has 0 aliphatic carbocycles. The van der Waals surface area contributed by atoms with Gasteiger partial charge in [0.15, 0.2) is 0 Å². The first-order chi connectivity index (χ1) is 17.8. The van der Waals surface area contributed by atoms with Crippen LogP contribution >= 0.6 is 0 Å². The molecule has 1 atom stereocenters. The Hall–Kier alpha value is -2.82. The molecule has 1 saturated heterocycles. The molecule has 1 N–H and O–H groups in total. The average molecular weight is 514 g/mol. The molecule has 4 nitrogen and oxygen atoms in total. The van der Waals surface area contributed by atoms with Gasteiger partial charge in [-0.1, -0.05) is 84.0 Å². The Kier molecular flexibility index (Phi) is 8.25. The first kappa shape index (κ1) is 28.2. The third-order valence-corrected chi connectivity index (χ3v) is 7.81. The Labute approximate surface area is 230 Å². The van der Waals surface area contributed by atoms with E-state index in [1.54, 1.807) is 0 Å². The monoisotopic (exact) mass is 513 g/mol. The number of phenolic OH excluding ortho intramolecular Hbond substituents is 1. The van der Waals surface area contributed by atoms with Crippen molar-refractivity contribution in [3.8, 4) is 5.75 Å². The highest BCUT2D eigenvalue weighted by molar-refractivity contribution is 5.53. The number of hydrogen-bond donors (Lipinski definition) is 1. The van der Waals surface area contributed by atoms with E-state index in [2.05, 4.69) is 137 Å². The first-order valence-corrected chi connectivity index (χ1v) is 14.0. The molecule has 1 heterocycles. The zero-order valence-corrected chi connectivity index (χ0v) is 24.8. The van der Waals surface area contributed by atoms with Crippen LogP contribution in [0.4, 0.5) is 5.69 Å². The molecule has 1 aliphatic rings. The lowest BCUT2D eigenvalue weighted by Gasteiger charge is -2.40. The van der Waals surface area contributed by atoms with Crippen LogP contribution in [-0.4, -0.2) is 55.2 Å². The van der Waals surface area contributed by atoms with Crippen molar-refractivity contribution in [2.24, 2.45) is 0 Å². The van der Waals surface area contributed by atoms with Crippen LogP contribution in [0, 0.1) is 0 Å². The smallest absolute Gasteiger partial charge is 0.123 e. The summed E-state index contributed by atoms with van der Waals surface area (Å²) in [6.07, 6.45) is 0. The van der Waals surface area contributed by atoms with Crippen LogP contribution in [0.25, 0.3) is 0 Å². The van der Waals surface area contributed by atoms with Crippen molar-refractivity contribution in [3.63, 3.8) is 0 Å². The third-order valence-electron chi connectivity index (χ3n) is 7.81. The number of hydrogen-bond acceptors (Lipinski definition) is 4. The minimum Gasteiger partial charge on any atom is -0.507 e. The van der Waals surface area contributed by atoms with E-state index in [1.807, 2.05) is 0 Å². The molecule has 1 fully saturated rings. The zero-order valence-electron chi connectivity index (χ0n) is 24.8. The van der Waals surface area contributed by atoms with Crippen molar-refractivity contribution in [1.29, 1.82) is 0 Å². The van der Waals surface area contributed by atoms with Crippen molar-refractivity contribution < 1.29 is 5.11 Å². The van der Waals surface area contributed by atoms with E-state index in [1.165, 1.54) is 22.4 Å². The van der Waals surface area contributed by atoms with E-state index >= 15 is 0 Å². The summed E-state index contributed by atoms with van der Waals surface area (Å²) in [5, 5.41) is 11.4. The fourth-order valence-electron chi connectivity index (χ4n) is 5.55. The molecule has 1 aliphatic heterocycles. The maximum atomic E-state index is 11.4. The number of nitrogens with zero attached hydrogens (tertiary/aromatic N) is 3. The van der Waals surface area contributed by atoms with E-state index in [-0.39, 0.29) is 16.9 Å². The molecule has 0 aromatic heterocycles. The highest BCUT2D eigenvalue weighted by atomic mass is 16.3. The van der Waals surface area contributed by atoms with Gasteiger partial charge in [-0.25, -0.2) is 0 Å². The van der Waals surface area contributed by atoms with Crippen LogP contribution in [0.5, 0.6) is 5.75 Å². The number of phenols is 1. The molecule has 0 radical (unpaired) electrons. The second kappa shape index (κ2) is 11.1. The molecule has 0 amide bonds. The number of anilines is 1. The van der Waals surface area contributed by atoms with Gasteiger partial charge in [-0.15, -0.1) is 0 Å². The van der Waals surface area contributed by atoms with E-state index in [0.717, 1.165) is 43.9 Å². The molecular formula is C34H47N3O. The van der Waals surface area contributed by atoms with E-state index in [0.29, 0.717) is 5.75 Å². The van der Waals surface area contributed by atoms with Gasteiger partial charge in [-0.05, 0) is 62.9 Å². The Balaban J connectivity index is 1.73. The summed E-state index contributed by atoms with van der Waals surface area (Å²) in [4.78, 5) is 7.35. The SMILES string of the molecule is CN(C)c1ccc(C(c2cc(C(C)(C)C)c(O)c(C(C)(C)C)c2)N2CCN(Cc3ccccc3)CC2)cc1. The largest absolute Gasteiger partial charge is 0.507 e. The zero-order chi connectivity index (χ0) is 27.7. The molecule has 0 spiro atoms. The van der Waals surface area contributed by atoms with Gasteiger partial charge in [-0.2, -0.15) is 0 Å². The fraction of sp³-hybridized carbons (Fsp3) is 0.471. The maximum absolute atomic E-state index is 11.4. The van der Waals surface area contributed by atoms with Gasteiger partial charge in [0.05, 0.1) is 6.04 Å². The average Bonchev–Trinajstić information content (AvgIpc) is 2.85. The number of aromatic hydroxyl groups is 1. The first-order valence-electron chi connectivity index (χ1n) is 14.0. The summed E-state index contributed by atoms with van der Waals surface area (Å²) in [6, 6.07) is 24.5. The normalized spacial score (nSPS) is 16.4. The van der Waals surface area contributed by atoms with Crippen LogP contribution in [0.2, 0.25) is 0 Å². The lowest BCUT2D eigenvalue weighted by Crippen LogP contribution is -2.47. The third kappa shape index (κ3) is 6.42. The molecule has 0 bridgehead atoms. The predicted molar refractivity (Wildman–Crippen MR) is 161 cm³/mol. The number of benzene rings is 3. The molecule has 204 valence electrons. The van der Waals surface area contributed by atoms with Gasteiger partial charge in [0.2, 0.25) is 0 Å². The second-order valence-electron chi connectivity index (χ2n) is 13.2. The van der Waals surface area contributed by atoms with Crippen molar-refractivity contribution >= 4 is 5.69 Å². The van der Waals surface area contributed by atoms with Gasteiger partial charge in [0, 0.05) is 52.5 Å². The lowest BCUT2D eigenvalue weighted by molar-refractivity contribution is 0.105. The van der Waals surface area contributed by atoms with Crippen molar-refractivity contribution in [1.82, 2.24) is 9.80 Å². The van der Waals surface area contributed by atoms with Gasteiger partial charge < -0.3 is 10.0 Å². The summed E-state index contributed by atoms with van der Waals surface area (Å²) < 4.78 is 0. The van der Waals surface area contributed by atoms with Gasteiger partial charge >= 0.3 is 0 Å². The number of piperazine rings is 1.